The van der Waals surface area contributed by atoms with E-state index in [9.17, 15) is 14.0 Å². The molecule has 0 atom stereocenters. The number of rotatable bonds is 6. The van der Waals surface area contributed by atoms with E-state index in [0.717, 1.165) is 64.1 Å². The number of carbonyl (C=O) groups excluding carboxylic acids is 1. The molecule has 3 aromatic rings. The molecule has 6 nitrogen and oxygen atoms in total. The highest BCUT2D eigenvalue weighted by atomic mass is 19.1. The van der Waals surface area contributed by atoms with Crippen molar-refractivity contribution >= 4 is 5.78 Å². The Balaban J connectivity index is 1.14. The van der Waals surface area contributed by atoms with Crippen LogP contribution in [-0.2, 0) is 19.5 Å². The van der Waals surface area contributed by atoms with Crippen LogP contribution in [-0.4, -0.2) is 44.7 Å². The minimum absolute atomic E-state index is 0.0369. The molecule has 33 heavy (non-hydrogen) atoms. The number of carbonyl (C=O) groups is 1. The molecule has 1 aromatic heterocycles. The van der Waals surface area contributed by atoms with Crippen molar-refractivity contribution in [2.75, 3.05) is 19.6 Å². The Morgan fingerprint density at radius 1 is 0.909 bits per heavy atom. The van der Waals surface area contributed by atoms with E-state index in [1.165, 1.54) is 29.8 Å². The Kier molecular flexibility index (Phi) is 6.22. The largest absolute Gasteiger partial charge is 0.345 e. The summed E-state index contributed by atoms with van der Waals surface area (Å²) in [5.74, 6) is 0.974. The molecule has 7 heteroatoms. The average Bonchev–Trinajstić information content (AvgIpc) is 3.19. The van der Waals surface area contributed by atoms with Gasteiger partial charge in [0.15, 0.2) is 5.78 Å². The molecule has 0 unspecified atom stereocenters. The van der Waals surface area contributed by atoms with Gasteiger partial charge in [0.2, 0.25) is 0 Å². The highest BCUT2D eigenvalue weighted by Crippen LogP contribution is 2.28. The van der Waals surface area contributed by atoms with Crippen LogP contribution in [0.4, 0.5) is 4.39 Å². The van der Waals surface area contributed by atoms with Crippen LogP contribution < -0.4 is 5.69 Å². The molecule has 5 rings (SSSR count). The summed E-state index contributed by atoms with van der Waals surface area (Å²) in [6.45, 7) is 4.26. The van der Waals surface area contributed by atoms with Gasteiger partial charge in [-0.25, -0.2) is 13.9 Å². The summed E-state index contributed by atoms with van der Waals surface area (Å²) in [6.07, 6.45) is 5.19. The van der Waals surface area contributed by atoms with Crippen molar-refractivity contribution in [1.29, 1.82) is 0 Å². The molecule has 0 bridgehead atoms. The predicted molar refractivity (Wildman–Crippen MR) is 124 cm³/mol. The Bertz CT molecular complexity index is 1170. The number of aryl methyl sites for hydroxylation is 1. The first-order valence-corrected chi connectivity index (χ1v) is 11.9. The van der Waals surface area contributed by atoms with Crippen LogP contribution in [0.2, 0.25) is 0 Å². The van der Waals surface area contributed by atoms with Gasteiger partial charge in [-0.3, -0.25) is 9.36 Å². The van der Waals surface area contributed by atoms with Crippen LogP contribution in [0.25, 0.3) is 0 Å². The van der Waals surface area contributed by atoms with Gasteiger partial charge in [0.25, 0.3) is 0 Å². The quantitative estimate of drug-likeness (QED) is 0.541. The molecule has 3 heterocycles. The van der Waals surface area contributed by atoms with Gasteiger partial charge in [0, 0.05) is 30.6 Å². The maximum absolute atomic E-state index is 13.1. The van der Waals surface area contributed by atoms with E-state index in [4.69, 9.17) is 0 Å². The normalized spacial score (nSPS) is 17.1. The van der Waals surface area contributed by atoms with Gasteiger partial charge in [0.1, 0.15) is 11.6 Å². The van der Waals surface area contributed by atoms with Crippen molar-refractivity contribution in [3.05, 3.63) is 87.3 Å². The molecule has 0 saturated carbocycles. The van der Waals surface area contributed by atoms with Crippen molar-refractivity contribution in [2.24, 2.45) is 0 Å². The fourth-order valence-corrected chi connectivity index (χ4v) is 4.99. The second-order valence-electron chi connectivity index (χ2n) is 9.10. The van der Waals surface area contributed by atoms with Crippen LogP contribution in [0, 0.1) is 5.82 Å². The number of halogens is 1. The van der Waals surface area contributed by atoms with Crippen LogP contribution in [0.15, 0.2) is 53.3 Å². The van der Waals surface area contributed by atoms with Gasteiger partial charge >= 0.3 is 5.69 Å². The standard InChI is InChI=1S/C26H29FN4O2/c27-23-10-8-22(9-11-23)25(32)21-6-4-19(5-7-21)20-12-15-29(16-13-20)17-18-31-26(33)30-14-2-1-3-24(30)28-31/h4-11,20H,1-3,12-18H2. The molecule has 172 valence electrons. The van der Waals surface area contributed by atoms with E-state index < -0.39 is 0 Å². The first-order valence-electron chi connectivity index (χ1n) is 11.9. The lowest BCUT2D eigenvalue weighted by molar-refractivity contribution is 0.103. The van der Waals surface area contributed by atoms with E-state index in [0.29, 0.717) is 23.6 Å². The molecule has 2 aromatic carbocycles. The number of piperidine rings is 1. The van der Waals surface area contributed by atoms with E-state index in [1.54, 1.807) is 4.68 Å². The van der Waals surface area contributed by atoms with Crippen molar-refractivity contribution in [3.8, 4) is 0 Å². The zero-order valence-electron chi connectivity index (χ0n) is 18.8. The highest BCUT2D eigenvalue weighted by molar-refractivity contribution is 6.08. The van der Waals surface area contributed by atoms with Crippen LogP contribution >= 0.6 is 0 Å². The highest BCUT2D eigenvalue weighted by Gasteiger charge is 2.22. The lowest BCUT2D eigenvalue weighted by atomic mass is 9.88. The van der Waals surface area contributed by atoms with E-state index in [-0.39, 0.29) is 17.3 Å². The third-order valence-corrected chi connectivity index (χ3v) is 7.00. The summed E-state index contributed by atoms with van der Waals surface area (Å²) in [5, 5.41) is 4.54. The van der Waals surface area contributed by atoms with Crippen molar-refractivity contribution in [3.63, 3.8) is 0 Å². The molecule has 0 radical (unpaired) electrons. The number of hydrogen-bond donors (Lipinski definition) is 0. The summed E-state index contributed by atoms with van der Waals surface area (Å²) in [6, 6.07) is 13.5. The monoisotopic (exact) mass is 448 g/mol. The van der Waals surface area contributed by atoms with Crippen molar-refractivity contribution in [2.45, 2.75) is 51.1 Å². The van der Waals surface area contributed by atoms with E-state index >= 15 is 0 Å². The number of hydrogen-bond acceptors (Lipinski definition) is 4. The third kappa shape index (κ3) is 4.69. The van der Waals surface area contributed by atoms with Crippen LogP contribution in [0.5, 0.6) is 0 Å². The van der Waals surface area contributed by atoms with Gasteiger partial charge < -0.3 is 4.90 Å². The number of fused-ring (bicyclic) bond motifs is 1. The Labute approximate surface area is 192 Å². The van der Waals surface area contributed by atoms with Crippen LogP contribution in [0.3, 0.4) is 0 Å². The molecule has 1 saturated heterocycles. The van der Waals surface area contributed by atoms with Gasteiger partial charge in [-0.2, -0.15) is 5.10 Å². The van der Waals surface area contributed by atoms with Crippen LogP contribution in [0.1, 0.15) is 58.9 Å². The summed E-state index contributed by atoms with van der Waals surface area (Å²) in [4.78, 5) is 27.5. The maximum Gasteiger partial charge on any atom is 0.345 e. The molecule has 2 aliphatic rings. The van der Waals surface area contributed by atoms with Crippen molar-refractivity contribution in [1.82, 2.24) is 19.2 Å². The molecular weight excluding hydrogens is 419 g/mol. The SMILES string of the molecule is O=C(c1ccc(F)cc1)c1ccc(C2CCN(CCn3nc4n(c3=O)CCCC4)CC2)cc1. The maximum atomic E-state index is 13.1. The number of nitrogens with zero attached hydrogens (tertiary/aromatic N) is 4. The first kappa shape index (κ1) is 21.8. The molecule has 0 spiro atoms. The van der Waals surface area contributed by atoms with Gasteiger partial charge in [0.05, 0.1) is 6.54 Å². The Morgan fingerprint density at radius 3 is 2.24 bits per heavy atom. The molecule has 0 amide bonds. The van der Waals surface area contributed by atoms with E-state index in [1.807, 2.05) is 28.8 Å². The fraction of sp³-hybridized carbons (Fsp3) is 0.423. The van der Waals surface area contributed by atoms with Gasteiger partial charge in [-0.05, 0) is 74.5 Å². The zero-order chi connectivity index (χ0) is 22.8. The number of likely N-dealkylation sites (tertiary alicyclic amines) is 1. The fourth-order valence-electron chi connectivity index (χ4n) is 4.99. The summed E-state index contributed by atoms with van der Waals surface area (Å²) < 4.78 is 16.6. The van der Waals surface area contributed by atoms with Gasteiger partial charge in [-0.1, -0.05) is 24.3 Å². The topological polar surface area (TPSA) is 60.1 Å². The lowest BCUT2D eigenvalue weighted by Gasteiger charge is -2.32. The van der Waals surface area contributed by atoms with Crippen molar-refractivity contribution < 1.29 is 9.18 Å². The predicted octanol–water partition coefficient (Wildman–Crippen LogP) is 3.63. The second-order valence-corrected chi connectivity index (χ2v) is 9.10. The minimum Gasteiger partial charge on any atom is -0.301 e. The van der Waals surface area contributed by atoms with Gasteiger partial charge in [-0.15, -0.1) is 0 Å². The zero-order valence-corrected chi connectivity index (χ0v) is 18.8. The summed E-state index contributed by atoms with van der Waals surface area (Å²) in [7, 11) is 0. The lowest BCUT2D eigenvalue weighted by Crippen LogP contribution is -2.37. The molecule has 0 N–H and O–H groups in total. The average molecular weight is 449 g/mol. The minimum atomic E-state index is -0.343. The Morgan fingerprint density at radius 2 is 1.58 bits per heavy atom. The number of benzene rings is 2. The smallest absolute Gasteiger partial charge is 0.301 e. The number of ketones is 1. The molecular formula is C26H29FN4O2. The van der Waals surface area contributed by atoms with E-state index in [2.05, 4.69) is 10.00 Å². The molecule has 1 fully saturated rings. The molecule has 2 aliphatic heterocycles. The summed E-state index contributed by atoms with van der Waals surface area (Å²) in [5.41, 5.74) is 2.41. The second kappa shape index (κ2) is 9.43. The third-order valence-electron chi connectivity index (χ3n) is 7.00. The molecule has 0 aliphatic carbocycles. The Hall–Kier alpha value is -3.06. The number of aromatic nitrogens is 3. The first-order chi connectivity index (χ1) is 16.1. The summed E-state index contributed by atoms with van der Waals surface area (Å²) >= 11 is 0.